The highest BCUT2D eigenvalue weighted by Gasteiger charge is 2.40. The predicted octanol–water partition coefficient (Wildman–Crippen LogP) is 1.63. The molecule has 4 nitrogen and oxygen atoms in total. The van der Waals surface area contributed by atoms with Gasteiger partial charge in [-0.1, -0.05) is 19.1 Å². The average Bonchev–Trinajstić information content (AvgIpc) is 2.52. The standard InChI is InChI=1S/C17H25NO3/c1-3-7-18-10-13(11-19)21-17-9-14-12(8-15(17)18)5-4-6-16(14)20-2/h4-6,13,15,17,19H,3,7-11H2,1-2H3/t13?,15-,17?/m0/s1. The van der Waals surface area contributed by atoms with Crippen LogP contribution in [0.1, 0.15) is 24.5 Å². The van der Waals surface area contributed by atoms with Gasteiger partial charge in [-0.2, -0.15) is 0 Å². The Morgan fingerprint density at radius 3 is 2.95 bits per heavy atom. The second-order valence-corrected chi connectivity index (χ2v) is 6.05. The molecule has 0 amide bonds. The van der Waals surface area contributed by atoms with Crippen molar-refractivity contribution in [2.24, 2.45) is 0 Å². The third kappa shape index (κ3) is 2.80. The molecule has 21 heavy (non-hydrogen) atoms. The van der Waals surface area contributed by atoms with Crippen molar-refractivity contribution in [3.63, 3.8) is 0 Å². The summed E-state index contributed by atoms with van der Waals surface area (Å²) in [5, 5.41) is 9.49. The summed E-state index contributed by atoms with van der Waals surface area (Å²) in [7, 11) is 1.73. The Balaban J connectivity index is 1.88. The molecule has 116 valence electrons. The smallest absolute Gasteiger partial charge is 0.122 e. The molecule has 3 atom stereocenters. The number of fused-ring (bicyclic) bond motifs is 2. The number of aliphatic hydroxyl groups is 1. The minimum Gasteiger partial charge on any atom is -0.496 e. The molecule has 1 aliphatic heterocycles. The number of morpholine rings is 1. The molecule has 0 bridgehead atoms. The monoisotopic (exact) mass is 291 g/mol. The summed E-state index contributed by atoms with van der Waals surface area (Å²) in [6.07, 6.45) is 3.11. The Labute approximate surface area is 126 Å². The van der Waals surface area contributed by atoms with Crippen LogP contribution in [0.4, 0.5) is 0 Å². The van der Waals surface area contributed by atoms with Crippen LogP contribution >= 0.6 is 0 Å². The van der Waals surface area contributed by atoms with Crippen LogP contribution in [-0.2, 0) is 17.6 Å². The van der Waals surface area contributed by atoms with Crippen molar-refractivity contribution in [3.05, 3.63) is 29.3 Å². The molecule has 3 rings (SSSR count). The average molecular weight is 291 g/mol. The highest BCUT2D eigenvalue weighted by Crippen LogP contribution is 2.35. The maximum absolute atomic E-state index is 9.49. The van der Waals surface area contributed by atoms with Gasteiger partial charge in [-0.15, -0.1) is 0 Å². The highest BCUT2D eigenvalue weighted by atomic mass is 16.5. The molecule has 0 radical (unpaired) electrons. The van der Waals surface area contributed by atoms with Gasteiger partial charge in [0.1, 0.15) is 5.75 Å². The summed E-state index contributed by atoms with van der Waals surface area (Å²) in [6.45, 7) is 4.21. The molecule has 1 fully saturated rings. The number of ether oxygens (including phenoxy) is 2. The molecule has 1 heterocycles. The van der Waals surface area contributed by atoms with Gasteiger partial charge in [0.15, 0.2) is 0 Å². The molecule has 4 heteroatoms. The van der Waals surface area contributed by atoms with E-state index < -0.39 is 0 Å². The number of rotatable bonds is 4. The lowest BCUT2D eigenvalue weighted by Crippen LogP contribution is -2.58. The zero-order valence-electron chi connectivity index (χ0n) is 12.9. The largest absolute Gasteiger partial charge is 0.496 e. The van der Waals surface area contributed by atoms with Gasteiger partial charge >= 0.3 is 0 Å². The van der Waals surface area contributed by atoms with Crippen molar-refractivity contribution in [3.8, 4) is 5.75 Å². The van der Waals surface area contributed by atoms with E-state index in [0.717, 1.165) is 38.1 Å². The Bertz CT molecular complexity index is 491. The zero-order chi connectivity index (χ0) is 14.8. The molecule has 1 N–H and O–H groups in total. The summed E-state index contributed by atoms with van der Waals surface area (Å²) >= 11 is 0. The Morgan fingerprint density at radius 2 is 2.24 bits per heavy atom. The van der Waals surface area contributed by atoms with Crippen molar-refractivity contribution in [1.82, 2.24) is 4.90 Å². The predicted molar refractivity (Wildman–Crippen MR) is 81.8 cm³/mol. The van der Waals surface area contributed by atoms with Gasteiger partial charge in [0.2, 0.25) is 0 Å². The molecular weight excluding hydrogens is 266 g/mol. The molecule has 0 saturated carbocycles. The van der Waals surface area contributed by atoms with Crippen LogP contribution < -0.4 is 4.74 Å². The van der Waals surface area contributed by atoms with E-state index in [-0.39, 0.29) is 18.8 Å². The quantitative estimate of drug-likeness (QED) is 0.915. The number of hydrogen-bond donors (Lipinski definition) is 1. The second kappa shape index (κ2) is 6.34. The van der Waals surface area contributed by atoms with Crippen LogP contribution in [0.2, 0.25) is 0 Å². The normalized spacial score (nSPS) is 28.8. The lowest BCUT2D eigenvalue weighted by atomic mass is 9.83. The molecule has 0 spiro atoms. The summed E-state index contributed by atoms with van der Waals surface area (Å²) in [5.41, 5.74) is 2.65. The first-order chi connectivity index (χ1) is 10.3. The summed E-state index contributed by atoms with van der Waals surface area (Å²) < 4.78 is 11.6. The van der Waals surface area contributed by atoms with Crippen LogP contribution in [0, 0.1) is 0 Å². The second-order valence-electron chi connectivity index (χ2n) is 6.05. The number of hydrogen-bond acceptors (Lipinski definition) is 4. The number of benzene rings is 1. The third-order valence-corrected chi connectivity index (χ3v) is 4.70. The van der Waals surface area contributed by atoms with Gasteiger partial charge in [-0.25, -0.2) is 0 Å². The maximum atomic E-state index is 9.49. The van der Waals surface area contributed by atoms with Gasteiger partial charge in [0, 0.05) is 19.0 Å². The zero-order valence-corrected chi connectivity index (χ0v) is 12.9. The summed E-state index contributed by atoms with van der Waals surface area (Å²) in [4.78, 5) is 2.50. The maximum Gasteiger partial charge on any atom is 0.122 e. The van der Waals surface area contributed by atoms with E-state index >= 15 is 0 Å². The molecule has 2 unspecified atom stereocenters. The minimum absolute atomic E-state index is 0.0611. The first-order valence-corrected chi connectivity index (χ1v) is 7.92. The molecule has 1 aliphatic carbocycles. The Hall–Kier alpha value is -1.10. The Morgan fingerprint density at radius 1 is 1.38 bits per heavy atom. The van der Waals surface area contributed by atoms with E-state index in [2.05, 4.69) is 24.0 Å². The molecule has 1 aromatic carbocycles. The minimum atomic E-state index is -0.0611. The summed E-state index contributed by atoms with van der Waals surface area (Å²) in [6, 6.07) is 6.72. The van der Waals surface area contributed by atoms with Crippen molar-refractivity contribution in [2.75, 3.05) is 26.8 Å². The van der Waals surface area contributed by atoms with E-state index in [1.165, 1.54) is 11.1 Å². The number of nitrogens with zero attached hydrogens (tertiary/aromatic N) is 1. The molecular formula is C17H25NO3. The van der Waals surface area contributed by atoms with Crippen LogP contribution in [0.25, 0.3) is 0 Å². The van der Waals surface area contributed by atoms with E-state index in [1.807, 2.05) is 6.07 Å². The van der Waals surface area contributed by atoms with Crippen LogP contribution in [-0.4, -0.2) is 55.1 Å². The number of aliphatic hydroxyl groups excluding tert-OH is 1. The van der Waals surface area contributed by atoms with Crippen LogP contribution in [0.5, 0.6) is 5.75 Å². The van der Waals surface area contributed by atoms with Gasteiger partial charge < -0.3 is 14.6 Å². The van der Waals surface area contributed by atoms with E-state index in [1.54, 1.807) is 7.11 Å². The van der Waals surface area contributed by atoms with Crippen molar-refractivity contribution >= 4 is 0 Å². The fourth-order valence-electron chi connectivity index (χ4n) is 3.75. The van der Waals surface area contributed by atoms with Gasteiger partial charge in [0.25, 0.3) is 0 Å². The van der Waals surface area contributed by atoms with Crippen LogP contribution in [0.15, 0.2) is 18.2 Å². The lowest BCUT2D eigenvalue weighted by Gasteiger charge is -2.47. The van der Waals surface area contributed by atoms with Gasteiger partial charge in [0.05, 0.1) is 25.9 Å². The first-order valence-electron chi connectivity index (χ1n) is 7.92. The molecule has 0 aromatic heterocycles. The Kier molecular flexibility index (Phi) is 4.48. The number of methoxy groups -OCH3 is 1. The van der Waals surface area contributed by atoms with E-state index in [0.29, 0.717) is 6.04 Å². The van der Waals surface area contributed by atoms with Gasteiger partial charge in [-0.05, 0) is 36.6 Å². The fraction of sp³-hybridized carbons (Fsp3) is 0.647. The molecule has 1 saturated heterocycles. The lowest BCUT2D eigenvalue weighted by molar-refractivity contribution is -0.135. The van der Waals surface area contributed by atoms with Crippen molar-refractivity contribution in [2.45, 2.75) is 44.4 Å². The van der Waals surface area contributed by atoms with Crippen molar-refractivity contribution < 1.29 is 14.6 Å². The third-order valence-electron chi connectivity index (χ3n) is 4.70. The highest BCUT2D eigenvalue weighted by molar-refractivity contribution is 5.43. The SMILES string of the molecule is CCCN1CC(CO)OC2Cc3c(cccc3OC)C[C@@H]21. The molecule has 2 aliphatic rings. The summed E-state index contributed by atoms with van der Waals surface area (Å²) in [5.74, 6) is 0.961. The molecule has 1 aromatic rings. The van der Waals surface area contributed by atoms with Crippen LogP contribution in [0.3, 0.4) is 0 Å². The van der Waals surface area contributed by atoms with E-state index in [4.69, 9.17) is 9.47 Å². The first kappa shape index (κ1) is 14.8. The van der Waals surface area contributed by atoms with Crippen molar-refractivity contribution in [1.29, 1.82) is 0 Å². The topological polar surface area (TPSA) is 41.9 Å². The van der Waals surface area contributed by atoms with E-state index in [9.17, 15) is 5.11 Å². The van der Waals surface area contributed by atoms with Gasteiger partial charge in [-0.3, -0.25) is 4.90 Å². The fourth-order valence-corrected chi connectivity index (χ4v) is 3.75.